The van der Waals surface area contributed by atoms with Crippen molar-refractivity contribution in [3.8, 4) is 0 Å². The number of thiophene rings is 1. The van der Waals surface area contributed by atoms with Crippen LogP contribution >= 0.6 is 22.9 Å². The van der Waals surface area contributed by atoms with Crippen LogP contribution in [0.4, 0.5) is 0 Å². The Morgan fingerprint density at radius 3 is 2.37 bits per heavy atom. The number of piperazine rings is 1. The zero-order valence-corrected chi connectivity index (χ0v) is 12.6. The Balaban J connectivity index is 1.96. The summed E-state index contributed by atoms with van der Waals surface area (Å²) in [4.78, 5) is 28.2. The first-order valence-corrected chi connectivity index (χ1v) is 7.47. The van der Waals surface area contributed by atoms with Crippen LogP contribution in [0, 0.1) is 0 Å². The highest BCUT2D eigenvalue weighted by Gasteiger charge is 2.27. The molecular formula is C13H17ClN2O2S. The van der Waals surface area contributed by atoms with Crippen LogP contribution in [-0.2, 0) is 4.79 Å². The van der Waals surface area contributed by atoms with Crippen molar-refractivity contribution < 1.29 is 9.59 Å². The first-order chi connectivity index (χ1) is 8.99. The molecule has 0 spiro atoms. The number of Topliss-reactive ketones (excluding diaryl/α,β-unsaturated/α-hetero) is 1. The van der Waals surface area contributed by atoms with Crippen LogP contribution in [0.1, 0.15) is 23.5 Å². The summed E-state index contributed by atoms with van der Waals surface area (Å²) in [5.74, 6) is 0.205. The zero-order chi connectivity index (χ0) is 14.0. The van der Waals surface area contributed by atoms with Crippen molar-refractivity contribution in [1.82, 2.24) is 9.80 Å². The molecule has 1 amide bonds. The van der Waals surface area contributed by atoms with Gasteiger partial charge in [0, 0.05) is 33.1 Å². The number of nitrogens with zero attached hydrogens (tertiary/aromatic N) is 2. The summed E-state index contributed by atoms with van der Waals surface area (Å²) in [6.07, 6.45) is 0. The topological polar surface area (TPSA) is 40.6 Å². The van der Waals surface area contributed by atoms with E-state index in [-0.39, 0.29) is 17.7 Å². The largest absolute Gasteiger partial charge is 0.340 e. The predicted molar refractivity (Wildman–Crippen MR) is 76.9 cm³/mol. The van der Waals surface area contributed by atoms with Crippen LogP contribution in [0.25, 0.3) is 0 Å². The molecule has 1 aliphatic heterocycles. The van der Waals surface area contributed by atoms with Gasteiger partial charge in [-0.05, 0) is 19.1 Å². The highest BCUT2D eigenvalue weighted by molar-refractivity contribution is 7.18. The molecule has 1 saturated heterocycles. The van der Waals surface area contributed by atoms with Gasteiger partial charge in [0.25, 0.3) is 0 Å². The fourth-order valence-electron chi connectivity index (χ4n) is 2.24. The summed E-state index contributed by atoms with van der Waals surface area (Å²) in [5.41, 5.74) is 0. The summed E-state index contributed by atoms with van der Waals surface area (Å²) < 4.78 is 0.636. The van der Waals surface area contributed by atoms with E-state index >= 15 is 0 Å². The molecule has 2 rings (SSSR count). The van der Waals surface area contributed by atoms with Gasteiger partial charge >= 0.3 is 0 Å². The molecule has 4 nitrogen and oxygen atoms in total. The summed E-state index contributed by atoms with van der Waals surface area (Å²) in [5, 5.41) is 0. The maximum atomic E-state index is 12.3. The molecular weight excluding hydrogens is 284 g/mol. The fourth-order valence-corrected chi connectivity index (χ4v) is 3.31. The monoisotopic (exact) mass is 300 g/mol. The number of carbonyl (C=O) groups excluding carboxylic acids is 2. The van der Waals surface area contributed by atoms with E-state index < -0.39 is 0 Å². The second-order valence-corrected chi connectivity index (χ2v) is 6.40. The van der Waals surface area contributed by atoms with E-state index in [1.807, 2.05) is 11.8 Å². The number of ketones is 1. The molecule has 0 radical (unpaired) electrons. The van der Waals surface area contributed by atoms with Crippen LogP contribution in [0.2, 0.25) is 4.34 Å². The number of carbonyl (C=O) groups is 2. The average molecular weight is 301 g/mol. The summed E-state index contributed by atoms with van der Waals surface area (Å²) in [6, 6.07) is 3.36. The predicted octanol–water partition coefficient (Wildman–Crippen LogP) is 2.14. The molecule has 1 aromatic rings. The van der Waals surface area contributed by atoms with Crippen molar-refractivity contribution in [2.75, 3.05) is 26.2 Å². The summed E-state index contributed by atoms with van der Waals surface area (Å²) >= 11 is 7.18. The molecule has 1 aliphatic rings. The molecule has 1 fully saturated rings. The summed E-state index contributed by atoms with van der Waals surface area (Å²) in [7, 11) is 0. The number of rotatable bonds is 3. The van der Waals surface area contributed by atoms with Crippen LogP contribution in [-0.4, -0.2) is 53.7 Å². The Bertz CT molecular complexity index is 481. The molecule has 0 aromatic carbocycles. The molecule has 1 aromatic heterocycles. The van der Waals surface area contributed by atoms with Gasteiger partial charge in [-0.3, -0.25) is 14.5 Å². The van der Waals surface area contributed by atoms with E-state index in [1.54, 1.807) is 19.1 Å². The van der Waals surface area contributed by atoms with Gasteiger partial charge in [-0.15, -0.1) is 11.3 Å². The second-order valence-electron chi connectivity index (χ2n) is 4.69. The van der Waals surface area contributed by atoms with E-state index in [1.165, 1.54) is 11.3 Å². The highest BCUT2D eigenvalue weighted by Crippen LogP contribution is 2.23. The van der Waals surface area contributed by atoms with Crippen molar-refractivity contribution in [2.45, 2.75) is 19.9 Å². The van der Waals surface area contributed by atoms with Crippen molar-refractivity contribution in [3.05, 3.63) is 21.3 Å². The van der Waals surface area contributed by atoms with Crippen LogP contribution < -0.4 is 0 Å². The van der Waals surface area contributed by atoms with Crippen molar-refractivity contribution in [3.63, 3.8) is 0 Å². The molecule has 0 N–H and O–H groups in total. The van der Waals surface area contributed by atoms with Gasteiger partial charge in [-0.1, -0.05) is 11.6 Å². The van der Waals surface area contributed by atoms with Gasteiger partial charge in [-0.25, -0.2) is 0 Å². The van der Waals surface area contributed by atoms with Crippen molar-refractivity contribution in [1.29, 1.82) is 0 Å². The van der Waals surface area contributed by atoms with Crippen LogP contribution in [0.3, 0.4) is 0 Å². The van der Waals surface area contributed by atoms with E-state index in [0.29, 0.717) is 22.3 Å². The molecule has 2 heterocycles. The van der Waals surface area contributed by atoms with Gasteiger partial charge in [0.15, 0.2) is 5.78 Å². The SMILES string of the molecule is CC(=O)N1CCN(C(C)C(=O)c2ccc(Cl)s2)CC1. The smallest absolute Gasteiger partial charge is 0.219 e. The second kappa shape index (κ2) is 6.03. The minimum Gasteiger partial charge on any atom is -0.340 e. The molecule has 6 heteroatoms. The molecule has 0 saturated carbocycles. The Kier molecular flexibility index (Phi) is 4.60. The fraction of sp³-hybridized carbons (Fsp3) is 0.538. The third-order valence-electron chi connectivity index (χ3n) is 3.50. The molecule has 1 atom stereocenters. The lowest BCUT2D eigenvalue weighted by molar-refractivity contribution is -0.130. The van der Waals surface area contributed by atoms with Gasteiger partial charge < -0.3 is 4.90 Å². The van der Waals surface area contributed by atoms with E-state index in [2.05, 4.69) is 4.90 Å². The quantitative estimate of drug-likeness (QED) is 0.803. The lowest BCUT2D eigenvalue weighted by Crippen LogP contribution is -2.52. The number of halogens is 1. The number of hydrogen-bond acceptors (Lipinski definition) is 4. The minimum atomic E-state index is -0.163. The van der Waals surface area contributed by atoms with Gasteiger partial charge in [-0.2, -0.15) is 0 Å². The minimum absolute atomic E-state index is 0.101. The Labute approximate surface area is 121 Å². The van der Waals surface area contributed by atoms with E-state index in [4.69, 9.17) is 11.6 Å². The normalized spacial score (nSPS) is 18.4. The molecule has 0 aliphatic carbocycles. The third-order valence-corrected chi connectivity index (χ3v) is 4.75. The maximum Gasteiger partial charge on any atom is 0.219 e. The summed E-state index contributed by atoms with van der Waals surface area (Å²) in [6.45, 7) is 6.37. The van der Waals surface area contributed by atoms with Crippen LogP contribution in [0.15, 0.2) is 12.1 Å². The number of hydrogen-bond donors (Lipinski definition) is 0. The van der Waals surface area contributed by atoms with Crippen LogP contribution in [0.5, 0.6) is 0 Å². The zero-order valence-electron chi connectivity index (χ0n) is 11.1. The Hall–Kier alpha value is -0.910. The van der Waals surface area contributed by atoms with Crippen molar-refractivity contribution in [2.24, 2.45) is 0 Å². The molecule has 19 heavy (non-hydrogen) atoms. The van der Waals surface area contributed by atoms with Crippen molar-refractivity contribution >= 4 is 34.6 Å². The Morgan fingerprint density at radius 2 is 1.89 bits per heavy atom. The van der Waals surface area contributed by atoms with Gasteiger partial charge in [0.2, 0.25) is 5.91 Å². The third kappa shape index (κ3) is 3.35. The maximum absolute atomic E-state index is 12.3. The first-order valence-electron chi connectivity index (χ1n) is 6.28. The first kappa shape index (κ1) is 14.5. The lowest BCUT2D eigenvalue weighted by atomic mass is 10.1. The van der Waals surface area contributed by atoms with E-state index in [0.717, 1.165) is 13.1 Å². The standard InChI is InChI=1S/C13H17ClN2O2S/c1-9(13(18)11-3-4-12(14)19-11)15-5-7-16(8-6-15)10(2)17/h3-4,9H,5-8H2,1-2H3. The Morgan fingerprint density at radius 1 is 1.26 bits per heavy atom. The van der Waals surface area contributed by atoms with Gasteiger partial charge in [0.1, 0.15) is 0 Å². The number of amides is 1. The molecule has 0 bridgehead atoms. The average Bonchev–Trinajstić information content (AvgIpc) is 2.84. The highest BCUT2D eigenvalue weighted by atomic mass is 35.5. The van der Waals surface area contributed by atoms with Gasteiger partial charge in [0.05, 0.1) is 15.3 Å². The molecule has 104 valence electrons. The lowest BCUT2D eigenvalue weighted by Gasteiger charge is -2.36. The molecule has 1 unspecified atom stereocenters. The van der Waals surface area contributed by atoms with E-state index in [9.17, 15) is 9.59 Å².